The Labute approximate surface area is 91.1 Å². The maximum absolute atomic E-state index is 8.25. The molecule has 0 bridgehead atoms. The fourth-order valence-electron chi connectivity index (χ4n) is 0. The van der Waals surface area contributed by atoms with Gasteiger partial charge in [-0.05, 0) is 0 Å². The van der Waals surface area contributed by atoms with Crippen molar-refractivity contribution < 1.29 is 59.5 Å². The van der Waals surface area contributed by atoms with Crippen LogP contribution in [0.1, 0.15) is 0 Å². The van der Waals surface area contributed by atoms with Crippen LogP contribution in [0, 0.1) is 30.6 Å². The molecule has 0 radical (unpaired) electrons. The van der Waals surface area contributed by atoms with E-state index in [1.807, 2.05) is 0 Å². The zero-order valence-electron chi connectivity index (χ0n) is 7.12. The maximum atomic E-state index is 8.25. The van der Waals surface area contributed by atoms with Crippen LogP contribution in [0.4, 0.5) is 0 Å². The van der Waals surface area contributed by atoms with Gasteiger partial charge >= 0.3 is 16.5 Å². The molecule has 0 aliphatic rings. The predicted molar refractivity (Wildman–Crippen MR) is 50.0 cm³/mol. The first-order valence-corrected chi connectivity index (χ1v) is 1.10. The van der Waals surface area contributed by atoms with Gasteiger partial charge < -0.3 is 63.5 Å². The van der Waals surface area contributed by atoms with Gasteiger partial charge in [0, 0.05) is 0 Å². The van der Waals surface area contributed by atoms with Gasteiger partial charge in [-0.1, -0.05) is 0 Å². The van der Waals surface area contributed by atoms with Crippen molar-refractivity contribution in [1.82, 2.24) is 0 Å². The Hall–Kier alpha value is -1.35. The van der Waals surface area contributed by atoms with Crippen LogP contribution in [0.2, 0.25) is 0 Å². The van der Waals surface area contributed by atoms with Crippen molar-refractivity contribution in [3.05, 3.63) is 30.6 Å². The molecule has 0 amide bonds. The second kappa shape index (κ2) is 79.4. The Bertz CT molecular complexity index is 71.6. The first-order valence-electron chi connectivity index (χ1n) is 1.10. The van der Waals surface area contributed by atoms with Crippen molar-refractivity contribution in [2.45, 2.75) is 0 Å². The molecule has 15 heteroatoms. The minimum Gasteiger partial charge on any atom is -0.457 e. The molecule has 0 rings (SSSR count). The number of hydrogen-bond acceptors (Lipinski definition) is 6. The third-order valence-corrected chi connectivity index (χ3v) is 0. The van der Waals surface area contributed by atoms with E-state index in [4.69, 9.17) is 30.6 Å². The largest absolute Gasteiger partial charge is 2.00 e. The van der Waals surface area contributed by atoms with Gasteiger partial charge in [-0.25, -0.2) is 0 Å². The average Bonchev–Trinajstić information content (AvgIpc) is 1.25. The second-order valence-electron chi connectivity index (χ2n) is 0.447. The van der Waals surface area contributed by atoms with E-state index in [0.29, 0.717) is 0 Å². The fourth-order valence-corrected chi connectivity index (χ4v) is 0. The van der Waals surface area contributed by atoms with Crippen LogP contribution in [0.15, 0.2) is 0 Å². The van der Waals surface area contributed by atoms with Crippen molar-refractivity contribution in [2.24, 2.45) is 0 Å². The molecule has 0 heterocycles. The number of hydrogen-bond donors (Lipinski definition) is 0. The van der Waals surface area contributed by atoms with Crippen molar-refractivity contribution in [2.75, 3.05) is 0 Å². The van der Waals surface area contributed by atoms with E-state index in [1.165, 1.54) is 0 Å². The van der Waals surface area contributed by atoms with Crippen LogP contribution in [0.3, 0.4) is 0 Å². The molecule has 15 heavy (non-hydrogen) atoms. The first-order chi connectivity index (χ1) is 3.46. The van der Waals surface area contributed by atoms with Crippen molar-refractivity contribution in [1.29, 1.82) is 0 Å². The molecule has 0 aromatic heterocycles. The van der Waals surface area contributed by atoms with E-state index in [1.54, 1.807) is 0 Å². The van der Waals surface area contributed by atoms with Crippen LogP contribution in [0.25, 0.3) is 0 Å². The van der Waals surface area contributed by atoms with Crippen LogP contribution in [-0.2, 0) is 49.3 Å². The Morgan fingerprint density at radius 2 is 0.533 bits per heavy atom. The fraction of sp³-hybridized carbons (Fsp3) is 0. The number of nitrogens with zero attached hydrogens (tertiary/aromatic N) is 2. The summed E-state index contributed by atoms with van der Waals surface area (Å²) < 4.78 is 0. The van der Waals surface area contributed by atoms with E-state index in [2.05, 4.69) is 0 Å². The molecular weight excluding hydrogens is 279 g/mol. The summed E-state index contributed by atoms with van der Waals surface area (Å²) in [6.45, 7) is 0. The molecule has 0 unspecified atom stereocenters. The van der Waals surface area contributed by atoms with E-state index in [-0.39, 0.29) is 49.3 Å². The SMILES string of the molecule is O=[N+]([O-])[O-].O=[N+]([O-])[O-].[Ni+2].[OH3+].[OH3+].[OH3+].[OH3+].[OH3+].[OH3+]. The summed E-state index contributed by atoms with van der Waals surface area (Å²) in [6.07, 6.45) is 0. The molecule has 0 saturated heterocycles. The topological polar surface area (TPSA) is 330 Å². The van der Waals surface area contributed by atoms with Crippen molar-refractivity contribution in [3.63, 3.8) is 0 Å². The van der Waals surface area contributed by atoms with Gasteiger partial charge in [-0.2, -0.15) is 0 Å². The zero-order valence-corrected chi connectivity index (χ0v) is 8.11. The molecule has 0 aromatic carbocycles. The molecule has 0 spiro atoms. The molecule has 104 valence electrons. The Morgan fingerprint density at radius 3 is 0.533 bits per heavy atom. The summed E-state index contributed by atoms with van der Waals surface area (Å²) in [7, 11) is 0. The van der Waals surface area contributed by atoms with Gasteiger partial charge in [0.25, 0.3) is 0 Å². The van der Waals surface area contributed by atoms with Gasteiger partial charge in [0.15, 0.2) is 0 Å². The summed E-state index contributed by atoms with van der Waals surface area (Å²) in [5.41, 5.74) is 0. The van der Waals surface area contributed by atoms with Crippen molar-refractivity contribution >= 4 is 0 Å². The minimum absolute atomic E-state index is 0. The predicted octanol–water partition coefficient (Wildman–Crippen LogP) is -6.01. The van der Waals surface area contributed by atoms with Crippen LogP contribution in [0.5, 0.6) is 0 Å². The summed E-state index contributed by atoms with van der Waals surface area (Å²) in [4.78, 5) is 16.5. The van der Waals surface area contributed by atoms with Crippen LogP contribution < -0.4 is 0 Å². The molecule has 0 fully saturated rings. The minimum atomic E-state index is -1.75. The quantitative estimate of drug-likeness (QED) is 0.181. The molecule has 0 aliphatic heterocycles. The number of rotatable bonds is 0. The molecule has 18 N–H and O–H groups in total. The second-order valence-corrected chi connectivity index (χ2v) is 0.447. The van der Waals surface area contributed by atoms with Gasteiger partial charge in [0.05, 0.1) is 10.2 Å². The normalized spacial score (nSPS) is 3.20. The molecule has 0 aliphatic carbocycles. The van der Waals surface area contributed by atoms with Crippen molar-refractivity contribution in [3.8, 4) is 0 Å². The Kier molecular flexibility index (Phi) is 534. The third-order valence-electron chi connectivity index (χ3n) is 0. The first kappa shape index (κ1) is 101. The molecule has 0 atom stereocenters. The summed E-state index contributed by atoms with van der Waals surface area (Å²) >= 11 is 0. The molecule has 14 nitrogen and oxygen atoms in total. The third kappa shape index (κ3) is 792. The molecule has 0 aromatic rings. The van der Waals surface area contributed by atoms with E-state index in [0.717, 1.165) is 0 Å². The van der Waals surface area contributed by atoms with Gasteiger partial charge in [0.1, 0.15) is 0 Å². The average molecular weight is 297 g/mol. The van der Waals surface area contributed by atoms with Crippen LogP contribution in [-0.4, -0.2) is 10.2 Å². The zero-order chi connectivity index (χ0) is 7.15. The smallest absolute Gasteiger partial charge is 0.457 e. The Morgan fingerprint density at radius 1 is 0.533 bits per heavy atom. The molecular formula is H18N2NiO12+6. The monoisotopic (exact) mass is 296 g/mol. The maximum Gasteiger partial charge on any atom is 2.00 e. The van der Waals surface area contributed by atoms with Gasteiger partial charge in [0.2, 0.25) is 0 Å². The Balaban J connectivity index is -0.00000000468. The molecule has 0 saturated carbocycles. The van der Waals surface area contributed by atoms with E-state index in [9.17, 15) is 0 Å². The van der Waals surface area contributed by atoms with Crippen LogP contribution >= 0.6 is 0 Å². The van der Waals surface area contributed by atoms with Gasteiger partial charge in [-0.15, -0.1) is 0 Å². The summed E-state index contributed by atoms with van der Waals surface area (Å²) in [6, 6.07) is 0. The summed E-state index contributed by atoms with van der Waals surface area (Å²) in [5.74, 6) is 0. The van der Waals surface area contributed by atoms with E-state index < -0.39 is 10.2 Å². The van der Waals surface area contributed by atoms with E-state index >= 15 is 0 Å². The standard InChI is InChI=1S/2NO3.Ni.6H2O/c2*2-1(3)4;;;;;;;/h;;;6*1H2/q2*-1;+2;;;;;;/p+6. The summed E-state index contributed by atoms with van der Waals surface area (Å²) in [5, 5.41) is 29.5. The van der Waals surface area contributed by atoms with Gasteiger partial charge in [-0.3, -0.25) is 0 Å².